The second-order valence-corrected chi connectivity index (χ2v) is 4.33. The van der Waals surface area contributed by atoms with Crippen LogP contribution in [-0.4, -0.2) is 9.97 Å². The molecule has 0 fully saturated rings. The summed E-state index contributed by atoms with van der Waals surface area (Å²) in [6.45, 7) is 1.92. The number of rotatable bonds is 2. The molecule has 2 aromatic rings. The van der Waals surface area contributed by atoms with E-state index in [1.54, 1.807) is 12.1 Å². The highest BCUT2D eigenvalue weighted by Gasteiger charge is 2.07. The molecule has 17 heavy (non-hydrogen) atoms. The summed E-state index contributed by atoms with van der Waals surface area (Å²) in [6.07, 6.45) is 0.663. The monoisotopic (exact) mass is 270 g/mol. The summed E-state index contributed by atoms with van der Waals surface area (Å²) in [7, 11) is 0. The second kappa shape index (κ2) is 4.98. The number of nitrogens with zero attached hydrogens (tertiary/aromatic N) is 2. The van der Waals surface area contributed by atoms with Gasteiger partial charge in [-0.3, -0.25) is 0 Å². The van der Waals surface area contributed by atoms with E-state index in [1.165, 1.54) is 12.1 Å². The summed E-state index contributed by atoms with van der Waals surface area (Å²) in [5.41, 5.74) is 1.16. The Kier molecular flexibility index (Phi) is 3.60. The van der Waals surface area contributed by atoms with Crippen LogP contribution in [-0.2, 0) is 6.42 Å². The SMILES string of the molecule is CCc1nc(Cl)cc(-c2cc(F)cc(Cl)c2)n1. The van der Waals surface area contributed by atoms with Gasteiger partial charge in [-0.25, -0.2) is 14.4 Å². The summed E-state index contributed by atoms with van der Waals surface area (Å²) in [5, 5.41) is 0.667. The van der Waals surface area contributed by atoms with Crippen LogP contribution in [0.15, 0.2) is 24.3 Å². The van der Waals surface area contributed by atoms with E-state index in [1.807, 2.05) is 6.92 Å². The first-order valence-corrected chi connectivity index (χ1v) is 5.84. The third-order valence-electron chi connectivity index (χ3n) is 2.22. The van der Waals surface area contributed by atoms with Gasteiger partial charge in [-0.05, 0) is 18.2 Å². The van der Waals surface area contributed by atoms with Gasteiger partial charge in [0, 0.05) is 23.1 Å². The molecule has 0 saturated carbocycles. The summed E-state index contributed by atoms with van der Waals surface area (Å²) in [4.78, 5) is 8.33. The molecule has 5 heteroatoms. The number of aromatic nitrogens is 2. The van der Waals surface area contributed by atoms with Crippen LogP contribution in [0, 0.1) is 5.82 Å². The summed E-state index contributed by atoms with van der Waals surface area (Å²) >= 11 is 11.7. The molecule has 2 rings (SSSR count). The van der Waals surface area contributed by atoms with E-state index in [0.717, 1.165) is 0 Å². The molecular formula is C12H9Cl2FN2. The van der Waals surface area contributed by atoms with Crippen molar-refractivity contribution in [1.82, 2.24) is 9.97 Å². The average Bonchev–Trinajstić information content (AvgIpc) is 2.26. The van der Waals surface area contributed by atoms with Gasteiger partial charge in [0.05, 0.1) is 5.69 Å². The number of hydrogen-bond donors (Lipinski definition) is 0. The van der Waals surface area contributed by atoms with Crippen LogP contribution in [0.1, 0.15) is 12.7 Å². The molecule has 0 radical (unpaired) electrons. The summed E-state index contributed by atoms with van der Waals surface area (Å²) < 4.78 is 13.2. The minimum absolute atomic E-state index is 0.327. The van der Waals surface area contributed by atoms with E-state index < -0.39 is 5.82 Å². The Balaban J connectivity index is 2.55. The molecule has 0 aliphatic carbocycles. The predicted octanol–water partition coefficient (Wildman–Crippen LogP) is 4.15. The van der Waals surface area contributed by atoms with Crippen LogP contribution in [0.5, 0.6) is 0 Å². The quantitative estimate of drug-likeness (QED) is 0.767. The molecule has 0 N–H and O–H groups in total. The van der Waals surface area contributed by atoms with Crippen molar-refractivity contribution in [2.45, 2.75) is 13.3 Å². The van der Waals surface area contributed by atoms with Crippen molar-refractivity contribution in [3.8, 4) is 11.3 Å². The number of benzene rings is 1. The van der Waals surface area contributed by atoms with Gasteiger partial charge in [-0.1, -0.05) is 30.1 Å². The van der Waals surface area contributed by atoms with Gasteiger partial charge >= 0.3 is 0 Å². The molecule has 0 amide bonds. The predicted molar refractivity (Wildman–Crippen MR) is 66.8 cm³/mol. The fourth-order valence-corrected chi connectivity index (χ4v) is 1.90. The van der Waals surface area contributed by atoms with Gasteiger partial charge in [-0.2, -0.15) is 0 Å². The van der Waals surface area contributed by atoms with Crippen LogP contribution in [0.2, 0.25) is 10.2 Å². The van der Waals surface area contributed by atoms with Crippen LogP contribution >= 0.6 is 23.2 Å². The number of halogens is 3. The standard InChI is InChI=1S/C12H9Cl2FN2/c1-2-12-16-10(6-11(14)17-12)7-3-8(13)5-9(15)4-7/h3-6H,2H2,1H3. The molecular weight excluding hydrogens is 262 g/mol. The van der Waals surface area contributed by atoms with Crippen molar-refractivity contribution in [3.63, 3.8) is 0 Å². The first-order valence-electron chi connectivity index (χ1n) is 5.08. The van der Waals surface area contributed by atoms with Crippen LogP contribution in [0.4, 0.5) is 4.39 Å². The van der Waals surface area contributed by atoms with E-state index in [4.69, 9.17) is 23.2 Å². The van der Waals surface area contributed by atoms with Crippen LogP contribution < -0.4 is 0 Å². The van der Waals surface area contributed by atoms with E-state index in [2.05, 4.69) is 9.97 Å². The van der Waals surface area contributed by atoms with Crippen molar-refractivity contribution >= 4 is 23.2 Å². The van der Waals surface area contributed by atoms with Gasteiger partial charge in [0.25, 0.3) is 0 Å². The lowest BCUT2D eigenvalue weighted by atomic mass is 10.1. The maximum Gasteiger partial charge on any atom is 0.133 e. The average molecular weight is 271 g/mol. The molecule has 2 nitrogen and oxygen atoms in total. The lowest BCUT2D eigenvalue weighted by Crippen LogP contribution is -1.95. The van der Waals surface area contributed by atoms with Crippen molar-refractivity contribution in [1.29, 1.82) is 0 Å². The highest BCUT2D eigenvalue weighted by Crippen LogP contribution is 2.24. The first-order chi connectivity index (χ1) is 8.08. The summed E-state index contributed by atoms with van der Waals surface area (Å²) in [5.74, 6) is 0.216. The molecule has 0 unspecified atom stereocenters. The third kappa shape index (κ3) is 2.93. The number of hydrogen-bond acceptors (Lipinski definition) is 2. The first kappa shape index (κ1) is 12.3. The van der Waals surface area contributed by atoms with Crippen molar-refractivity contribution in [3.05, 3.63) is 46.1 Å². The van der Waals surface area contributed by atoms with Gasteiger partial charge in [0.15, 0.2) is 0 Å². The zero-order chi connectivity index (χ0) is 12.4. The maximum absolute atomic E-state index is 13.2. The fraction of sp³-hybridized carbons (Fsp3) is 0.167. The Hall–Kier alpha value is -1.19. The summed E-state index contributed by atoms with van der Waals surface area (Å²) in [6, 6.07) is 5.84. The topological polar surface area (TPSA) is 25.8 Å². The normalized spacial score (nSPS) is 10.6. The Labute approximate surface area is 108 Å². The van der Waals surface area contributed by atoms with Gasteiger partial charge in [0.2, 0.25) is 0 Å². The number of aryl methyl sites for hydroxylation is 1. The van der Waals surface area contributed by atoms with Crippen LogP contribution in [0.25, 0.3) is 11.3 Å². The van der Waals surface area contributed by atoms with Gasteiger partial charge in [-0.15, -0.1) is 0 Å². The molecule has 0 bridgehead atoms. The Bertz CT molecular complexity index is 538. The molecule has 0 atom stereocenters. The Morgan fingerprint density at radius 1 is 1.12 bits per heavy atom. The van der Waals surface area contributed by atoms with Crippen molar-refractivity contribution < 1.29 is 4.39 Å². The third-order valence-corrected chi connectivity index (χ3v) is 2.63. The molecule has 0 aliphatic rings. The zero-order valence-electron chi connectivity index (χ0n) is 9.04. The molecule has 1 aromatic heterocycles. The molecule has 0 spiro atoms. The van der Waals surface area contributed by atoms with E-state index in [9.17, 15) is 4.39 Å². The lowest BCUT2D eigenvalue weighted by molar-refractivity contribution is 0.628. The minimum atomic E-state index is -0.403. The zero-order valence-corrected chi connectivity index (χ0v) is 10.6. The fourth-order valence-electron chi connectivity index (χ4n) is 1.47. The molecule has 88 valence electrons. The smallest absolute Gasteiger partial charge is 0.133 e. The molecule has 0 aliphatic heterocycles. The van der Waals surface area contributed by atoms with Crippen molar-refractivity contribution in [2.24, 2.45) is 0 Å². The Morgan fingerprint density at radius 2 is 1.88 bits per heavy atom. The largest absolute Gasteiger partial charge is 0.233 e. The molecule has 0 saturated heterocycles. The van der Waals surface area contributed by atoms with Crippen LogP contribution in [0.3, 0.4) is 0 Å². The highest BCUT2D eigenvalue weighted by atomic mass is 35.5. The highest BCUT2D eigenvalue weighted by molar-refractivity contribution is 6.31. The van der Waals surface area contributed by atoms with E-state index >= 15 is 0 Å². The second-order valence-electron chi connectivity index (χ2n) is 3.50. The minimum Gasteiger partial charge on any atom is -0.233 e. The molecule has 1 aromatic carbocycles. The van der Waals surface area contributed by atoms with Gasteiger partial charge < -0.3 is 0 Å². The molecule has 1 heterocycles. The Morgan fingerprint density at radius 3 is 2.53 bits per heavy atom. The lowest BCUT2D eigenvalue weighted by Gasteiger charge is -2.05. The van der Waals surface area contributed by atoms with E-state index in [-0.39, 0.29) is 0 Å². The van der Waals surface area contributed by atoms with E-state index in [0.29, 0.717) is 33.7 Å². The van der Waals surface area contributed by atoms with Crippen molar-refractivity contribution in [2.75, 3.05) is 0 Å². The maximum atomic E-state index is 13.2. The van der Waals surface area contributed by atoms with Gasteiger partial charge in [0.1, 0.15) is 16.8 Å².